The van der Waals surface area contributed by atoms with Gasteiger partial charge in [-0.3, -0.25) is 4.79 Å². The SMILES string of the molecule is O=C(Cc1ccccc1)Nc1nc(-c2ccco2)c(-c2ccco2)s1. The van der Waals surface area contributed by atoms with Crippen molar-refractivity contribution >= 4 is 22.4 Å². The molecule has 3 heterocycles. The molecule has 0 saturated heterocycles. The van der Waals surface area contributed by atoms with Crippen LogP contribution in [0.25, 0.3) is 22.1 Å². The van der Waals surface area contributed by atoms with E-state index in [1.807, 2.05) is 48.5 Å². The summed E-state index contributed by atoms with van der Waals surface area (Å²) in [6, 6.07) is 16.9. The molecule has 1 N–H and O–H groups in total. The monoisotopic (exact) mass is 350 g/mol. The minimum Gasteiger partial charge on any atom is -0.463 e. The lowest BCUT2D eigenvalue weighted by Gasteiger charge is -2.01. The molecule has 0 unspecified atom stereocenters. The number of hydrogen-bond acceptors (Lipinski definition) is 5. The van der Waals surface area contributed by atoms with E-state index in [-0.39, 0.29) is 5.91 Å². The zero-order valence-electron chi connectivity index (χ0n) is 13.1. The van der Waals surface area contributed by atoms with Crippen LogP contribution in [0.2, 0.25) is 0 Å². The molecule has 5 nitrogen and oxygen atoms in total. The van der Waals surface area contributed by atoms with Crippen molar-refractivity contribution in [1.82, 2.24) is 4.98 Å². The lowest BCUT2D eigenvalue weighted by Crippen LogP contribution is -2.14. The molecule has 0 spiro atoms. The van der Waals surface area contributed by atoms with Gasteiger partial charge >= 0.3 is 0 Å². The molecule has 0 aliphatic rings. The molecule has 124 valence electrons. The number of furan rings is 2. The Kier molecular flexibility index (Phi) is 4.18. The number of carbonyl (C=O) groups is 1. The van der Waals surface area contributed by atoms with Crippen LogP contribution in [0.3, 0.4) is 0 Å². The molecule has 0 bridgehead atoms. The van der Waals surface area contributed by atoms with Gasteiger partial charge in [0.1, 0.15) is 16.3 Å². The zero-order chi connectivity index (χ0) is 17.1. The molecule has 0 atom stereocenters. The number of nitrogens with one attached hydrogen (secondary N) is 1. The Labute approximate surface area is 147 Å². The fourth-order valence-corrected chi connectivity index (χ4v) is 3.43. The average Bonchev–Trinajstić information content (AvgIpc) is 3.36. The molecule has 1 amide bonds. The van der Waals surface area contributed by atoms with Gasteiger partial charge in [-0.1, -0.05) is 41.7 Å². The molecule has 3 aromatic heterocycles. The third-order valence-electron chi connectivity index (χ3n) is 3.58. The van der Waals surface area contributed by atoms with Crippen LogP contribution in [0.5, 0.6) is 0 Å². The number of hydrogen-bond donors (Lipinski definition) is 1. The van der Waals surface area contributed by atoms with Gasteiger partial charge in [0, 0.05) is 0 Å². The topological polar surface area (TPSA) is 68.3 Å². The van der Waals surface area contributed by atoms with E-state index >= 15 is 0 Å². The highest BCUT2D eigenvalue weighted by Gasteiger charge is 2.19. The molecule has 4 aromatic rings. The minimum absolute atomic E-state index is 0.114. The molecule has 0 fully saturated rings. The maximum absolute atomic E-state index is 12.3. The normalized spacial score (nSPS) is 10.7. The lowest BCUT2D eigenvalue weighted by atomic mass is 10.1. The van der Waals surface area contributed by atoms with Gasteiger partial charge in [0.15, 0.2) is 10.9 Å². The molecule has 0 radical (unpaired) electrons. The van der Waals surface area contributed by atoms with Crippen molar-refractivity contribution in [1.29, 1.82) is 0 Å². The van der Waals surface area contributed by atoms with Gasteiger partial charge in [-0.15, -0.1) is 0 Å². The van der Waals surface area contributed by atoms with Crippen molar-refractivity contribution in [2.24, 2.45) is 0 Å². The summed E-state index contributed by atoms with van der Waals surface area (Å²) in [5.41, 5.74) is 1.61. The maximum Gasteiger partial charge on any atom is 0.230 e. The van der Waals surface area contributed by atoms with Crippen molar-refractivity contribution in [3.8, 4) is 22.1 Å². The number of rotatable bonds is 5. The van der Waals surface area contributed by atoms with Crippen molar-refractivity contribution in [3.05, 3.63) is 72.7 Å². The lowest BCUT2D eigenvalue weighted by molar-refractivity contribution is -0.115. The van der Waals surface area contributed by atoms with Crippen LogP contribution in [-0.2, 0) is 11.2 Å². The fraction of sp³-hybridized carbons (Fsp3) is 0.0526. The van der Waals surface area contributed by atoms with Crippen LogP contribution in [-0.4, -0.2) is 10.9 Å². The first kappa shape index (κ1) is 15.4. The minimum atomic E-state index is -0.114. The van der Waals surface area contributed by atoms with Crippen LogP contribution in [0.15, 0.2) is 76.0 Å². The maximum atomic E-state index is 12.3. The highest BCUT2D eigenvalue weighted by atomic mass is 32.1. The average molecular weight is 350 g/mol. The van der Waals surface area contributed by atoms with Gasteiger partial charge in [-0.05, 0) is 29.8 Å². The number of carbonyl (C=O) groups excluding carboxylic acids is 1. The van der Waals surface area contributed by atoms with Gasteiger partial charge in [0.05, 0.1) is 18.9 Å². The van der Waals surface area contributed by atoms with Crippen molar-refractivity contribution in [2.45, 2.75) is 6.42 Å². The van der Waals surface area contributed by atoms with E-state index in [0.717, 1.165) is 10.4 Å². The Morgan fingerprint density at radius 2 is 1.68 bits per heavy atom. The van der Waals surface area contributed by atoms with E-state index in [1.54, 1.807) is 18.6 Å². The fourth-order valence-electron chi connectivity index (χ4n) is 2.47. The van der Waals surface area contributed by atoms with Crippen LogP contribution < -0.4 is 5.32 Å². The van der Waals surface area contributed by atoms with Crippen molar-refractivity contribution < 1.29 is 13.6 Å². The predicted octanol–water partition coefficient (Wildman–Crippen LogP) is 4.84. The van der Waals surface area contributed by atoms with E-state index in [2.05, 4.69) is 10.3 Å². The summed E-state index contributed by atoms with van der Waals surface area (Å²) in [4.78, 5) is 17.6. The second-order valence-electron chi connectivity index (χ2n) is 5.36. The van der Waals surface area contributed by atoms with E-state index in [9.17, 15) is 4.79 Å². The molecule has 25 heavy (non-hydrogen) atoms. The molecule has 6 heteroatoms. The van der Waals surface area contributed by atoms with E-state index in [0.29, 0.717) is 28.8 Å². The second-order valence-corrected chi connectivity index (χ2v) is 6.36. The largest absolute Gasteiger partial charge is 0.463 e. The van der Waals surface area contributed by atoms with Crippen molar-refractivity contribution in [3.63, 3.8) is 0 Å². The van der Waals surface area contributed by atoms with Crippen LogP contribution >= 0.6 is 11.3 Å². The van der Waals surface area contributed by atoms with Gasteiger partial charge in [-0.25, -0.2) is 4.98 Å². The molecule has 4 rings (SSSR count). The van der Waals surface area contributed by atoms with Crippen LogP contribution in [0.1, 0.15) is 5.56 Å². The quantitative estimate of drug-likeness (QED) is 0.559. The van der Waals surface area contributed by atoms with Gasteiger partial charge < -0.3 is 14.2 Å². The zero-order valence-corrected chi connectivity index (χ0v) is 14.0. The number of anilines is 1. The number of thiazole rings is 1. The second kappa shape index (κ2) is 6.78. The summed E-state index contributed by atoms with van der Waals surface area (Å²) in [7, 11) is 0. The first-order valence-electron chi connectivity index (χ1n) is 7.72. The van der Waals surface area contributed by atoms with Crippen LogP contribution in [0.4, 0.5) is 5.13 Å². The third-order valence-corrected chi connectivity index (χ3v) is 4.57. The Morgan fingerprint density at radius 3 is 2.36 bits per heavy atom. The summed E-state index contributed by atoms with van der Waals surface area (Å²) in [5, 5.41) is 3.37. The summed E-state index contributed by atoms with van der Waals surface area (Å²) < 4.78 is 11.0. The highest BCUT2D eigenvalue weighted by molar-refractivity contribution is 7.19. The first-order chi connectivity index (χ1) is 12.3. The summed E-state index contributed by atoms with van der Waals surface area (Å²) in [6.45, 7) is 0. The highest BCUT2D eigenvalue weighted by Crippen LogP contribution is 2.39. The summed E-state index contributed by atoms with van der Waals surface area (Å²) >= 11 is 1.36. The van der Waals surface area contributed by atoms with E-state index in [1.165, 1.54) is 11.3 Å². The molecular weight excluding hydrogens is 336 g/mol. The standard InChI is InChI=1S/C19H14N2O3S/c22-16(12-13-6-2-1-3-7-13)20-19-21-17(14-8-4-10-23-14)18(25-19)15-9-5-11-24-15/h1-11H,12H2,(H,20,21,22). The number of nitrogens with zero attached hydrogens (tertiary/aromatic N) is 1. The first-order valence-corrected chi connectivity index (χ1v) is 8.53. The van der Waals surface area contributed by atoms with Gasteiger partial charge in [-0.2, -0.15) is 0 Å². The Bertz CT molecular complexity index is 906. The summed E-state index contributed by atoms with van der Waals surface area (Å²) in [5.74, 6) is 1.20. The molecule has 0 aliphatic carbocycles. The predicted molar refractivity (Wildman–Crippen MR) is 96.3 cm³/mol. The summed E-state index contributed by atoms with van der Waals surface area (Å²) in [6.07, 6.45) is 3.50. The van der Waals surface area contributed by atoms with Gasteiger partial charge in [0.2, 0.25) is 5.91 Å². The Balaban J connectivity index is 1.60. The van der Waals surface area contributed by atoms with Gasteiger partial charge in [0.25, 0.3) is 0 Å². The molecule has 0 saturated carbocycles. The number of aromatic nitrogens is 1. The molecule has 0 aliphatic heterocycles. The third kappa shape index (κ3) is 3.39. The number of benzene rings is 1. The molecule has 1 aromatic carbocycles. The smallest absolute Gasteiger partial charge is 0.230 e. The van der Waals surface area contributed by atoms with Crippen LogP contribution in [0, 0.1) is 0 Å². The number of amides is 1. The molecular formula is C19H14N2O3S. The Hall–Kier alpha value is -3.12. The Morgan fingerprint density at radius 1 is 0.960 bits per heavy atom. The van der Waals surface area contributed by atoms with E-state index < -0.39 is 0 Å². The van der Waals surface area contributed by atoms with Crippen molar-refractivity contribution in [2.75, 3.05) is 5.32 Å². The van der Waals surface area contributed by atoms with E-state index in [4.69, 9.17) is 8.83 Å².